The maximum Gasteiger partial charge on any atom is 0.238 e. The van der Waals surface area contributed by atoms with E-state index in [4.69, 9.17) is 9.88 Å². The highest BCUT2D eigenvalue weighted by molar-refractivity contribution is 7.99. The Morgan fingerprint density at radius 3 is 2.69 bits per heavy atom. The van der Waals surface area contributed by atoms with E-state index in [0.717, 1.165) is 19.4 Å². The third-order valence-electron chi connectivity index (χ3n) is 3.99. The van der Waals surface area contributed by atoms with Gasteiger partial charge in [0.1, 0.15) is 5.75 Å². The number of halogens is 1. The van der Waals surface area contributed by atoms with Crippen LogP contribution in [0.1, 0.15) is 19.8 Å². The smallest absolute Gasteiger partial charge is 0.238 e. The third kappa shape index (κ3) is 7.71. The van der Waals surface area contributed by atoms with Gasteiger partial charge in [-0.25, -0.2) is 13.6 Å². The lowest BCUT2D eigenvalue weighted by Crippen LogP contribution is -2.52. The van der Waals surface area contributed by atoms with Crippen molar-refractivity contribution in [1.29, 1.82) is 0 Å². The SMILES string of the molecule is CC1NCCCC1NC(=O)CSCCOc1ccc(S(N)(=O)=O)cc1.Cl. The number of primary sulfonamides is 1. The Bertz CT molecular complexity index is 671. The fourth-order valence-corrected chi connectivity index (χ4v) is 3.73. The van der Waals surface area contributed by atoms with Gasteiger partial charge >= 0.3 is 0 Å². The lowest BCUT2D eigenvalue weighted by molar-refractivity contribution is -0.119. The van der Waals surface area contributed by atoms with Gasteiger partial charge in [0.05, 0.1) is 17.3 Å². The van der Waals surface area contributed by atoms with E-state index >= 15 is 0 Å². The van der Waals surface area contributed by atoms with E-state index < -0.39 is 10.0 Å². The molecular weight excluding hydrogens is 398 g/mol. The molecule has 1 heterocycles. The number of sulfonamides is 1. The van der Waals surface area contributed by atoms with Crippen LogP contribution in [0.4, 0.5) is 0 Å². The largest absolute Gasteiger partial charge is 0.493 e. The lowest BCUT2D eigenvalue weighted by atomic mass is 10.00. The van der Waals surface area contributed by atoms with Gasteiger partial charge < -0.3 is 15.4 Å². The number of rotatable bonds is 8. The number of nitrogens with two attached hydrogens (primary N) is 1. The number of carbonyl (C=O) groups is 1. The quantitative estimate of drug-likeness (QED) is 0.540. The molecule has 1 aromatic rings. The molecule has 148 valence electrons. The number of hydrogen-bond donors (Lipinski definition) is 3. The lowest BCUT2D eigenvalue weighted by Gasteiger charge is -2.30. The number of hydrogen-bond acceptors (Lipinski definition) is 6. The topological polar surface area (TPSA) is 111 Å². The molecule has 0 aliphatic carbocycles. The highest BCUT2D eigenvalue weighted by atomic mass is 35.5. The van der Waals surface area contributed by atoms with Gasteiger partial charge in [0, 0.05) is 17.8 Å². The van der Waals surface area contributed by atoms with Crippen LogP contribution in [0.3, 0.4) is 0 Å². The molecule has 2 rings (SSSR count). The fraction of sp³-hybridized carbons (Fsp3) is 0.562. The molecule has 2 unspecified atom stereocenters. The maximum absolute atomic E-state index is 12.0. The van der Waals surface area contributed by atoms with Crippen LogP contribution in [0.2, 0.25) is 0 Å². The molecule has 1 saturated heterocycles. The Morgan fingerprint density at radius 2 is 2.08 bits per heavy atom. The molecule has 0 radical (unpaired) electrons. The van der Waals surface area contributed by atoms with Crippen molar-refractivity contribution < 1.29 is 17.9 Å². The maximum atomic E-state index is 12.0. The van der Waals surface area contributed by atoms with Crippen molar-refractivity contribution in [1.82, 2.24) is 10.6 Å². The summed E-state index contributed by atoms with van der Waals surface area (Å²) in [7, 11) is -3.68. The van der Waals surface area contributed by atoms with Crippen molar-refractivity contribution in [2.75, 3.05) is 24.7 Å². The molecule has 0 bridgehead atoms. The number of carbonyl (C=O) groups excluding carboxylic acids is 1. The van der Waals surface area contributed by atoms with E-state index in [9.17, 15) is 13.2 Å². The molecule has 0 aromatic heterocycles. The molecule has 0 spiro atoms. The number of benzene rings is 1. The van der Waals surface area contributed by atoms with Gasteiger partial charge in [0.15, 0.2) is 0 Å². The standard InChI is InChI=1S/C16H25N3O4S2.ClH/c1-12-15(3-2-8-18-12)19-16(20)11-24-10-9-23-13-4-6-14(7-5-13)25(17,21)22;/h4-7,12,15,18H,2-3,8-11H2,1H3,(H,19,20)(H2,17,21,22);1H. The van der Waals surface area contributed by atoms with Crippen molar-refractivity contribution in [2.45, 2.75) is 36.7 Å². The third-order valence-corrected chi connectivity index (χ3v) is 5.84. The normalized spacial score (nSPS) is 20.1. The summed E-state index contributed by atoms with van der Waals surface area (Å²) in [6.07, 6.45) is 2.10. The molecule has 1 amide bonds. The highest BCUT2D eigenvalue weighted by Crippen LogP contribution is 2.15. The van der Waals surface area contributed by atoms with Crippen LogP contribution in [-0.4, -0.2) is 51.1 Å². The molecule has 1 fully saturated rings. The van der Waals surface area contributed by atoms with Crippen molar-refractivity contribution in [3.63, 3.8) is 0 Å². The van der Waals surface area contributed by atoms with Gasteiger partial charge in [-0.15, -0.1) is 24.2 Å². The van der Waals surface area contributed by atoms with E-state index in [1.807, 2.05) is 0 Å². The molecule has 1 aliphatic heterocycles. The van der Waals surface area contributed by atoms with Crippen LogP contribution in [0.25, 0.3) is 0 Å². The second-order valence-corrected chi connectivity index (χ2v) is 8.64. The average molecular weight is 424 g/mol. The van der Waals surface area contributed by atoms with E-state index in [-0.39, 0.29) is 29.3 Å². The predicted molar refractivity (Wildman–Crippen MR) is 107 cm³/mol. The van der Waals surface area contributed by atoms with Crippen molar-refractivity contribution in [2.24, 2.45) is 5.14 Å². The summed E-state index contributed by atoms with van der Waals surface area (Å²) in [5.74, 6) is 1.68. The molecule has 1 aliphatic rings. The second-order valence-electron chi connectivity index (χ2n) is 5.98. The van der Waals surface area contributed by atoms with Crippen LogP contribution in [-0.2, 0) is 14.8 Å². The minimum absolute atomic E-state index is 0. The van der Waals surface area contributed by atoms with Gasteiger partial charge in [-0.2, -0.15) is 0 Å². The second kappa shape index (κ2) is 11.0. The molecular formula is C16H26ClN3O4S2. The van der Waals surface area contributed by atoms with Crippen LogP contribution < -0.4 is 20.5 Å². The van der Waals surface area contributed by atoms with Crippen molar-refractivity contribution >= 4 is 40.1 Å². The Morgan fingerprint density at radius 1 is 1.38 bits per heavy atom. The highest BCUT2D eigenvalue weighted by Gasteiger charge is 2.21. The van der Waals surface area contributed by atoms with E-state index in [1.165, 1.54) is 23.9 Å². The Hall–Kier alpha value is -1.00. The molecule has 2 atom stereocenters. The van der Waals surface area contributed by atoms with E-state index in [1.54, 1.807) is 12.1 Å². The first-order valence-corrected chi connectivity index (χ1v) is 10.9. The summed E-state index contributed by atoms with van der Waals surface area (Å²) in [4.78, 5) is 12.0. The average Bonchev–Trinajstić information content (AvgIpc) is 2.56. The van der Waals surface area contributed by atoms with Gasteiger partial charge in [-0.3, -0.25) is 4.79 Å². The molecule has 1 aromatic carbocycles. The summed E-state index contributed by atoms with van der Waals surface area (Å²) in [6.45, 7) is 3.54. The number of nitrogens with one attached hydrogen (secondary N) is 2. The fourth-order valence-electron chi connectivity index (χ4n) is 2.60. The number of thioether (sulfide) groups is 1. The van der Waals surface area contributed by atoms with E-state index in [0.29, 0.717) is 29.9 Å². The first-order valence-electron chi connectivity index (χ1n) is 8.22. The Kier molecular flexibility index (Phi) is 9.73. The molecule has 10 heteroatoms. The van der Waals surface area contributed by atoms with Crippen molar-refractivity contribution in [3.05, 3.63) is 24.3 Å². The van der Waals surface area contributed by atoms with Gasteiger partial charge in [0.25, 0.3) is 0 Å². The van der Waals surface area contributed by atoms with Crippen LogP contribution in [0.5, 0.6) is 5.75 Å². The predicted octanol–water partition coefficient (Wildman–Crippen LogP) is 1.12. The number of amides is 1. The van der Waals surface area contributed by atoms with Crippen LogP contribution in [0, 0.1) is 0 Å². The molecule has 4 N–H and O–H groups in total. The summed E-state index contributed by atoms with van der Waals surface area (Å²) >= 11 is 1.50. The Labute approximate surface area is 165 Å². The van der Waals surface area contributed by atoms with Gasteiger partial charge in [-0.1, -0.05) is 0 Å². The monoisotopic (exact) mass is 423 g/mol. The van der Waals surface area contributed by atoms with Crippen LogP contribution in [0.15, 0.2) is 29.2 Å². The molecule has 7 nitrogen and oxygen atoms in total. The van der Waals surface area contributed by atoms with Gasteiger partial charge in [-0.05, 0) is 50.6 Å². The minimum Gasteiger partial charge on any atom is -0.493 e. The Balaban J connectivity index is 0.00000338. The van der Waals surface area contributed by atoms with Gasteiger partial charge in [0.2, 0.25) is 15.9 Å². The minimum atomic E-state index is -3.68. The zero-order chi connectivity index (χ0) is 18.3. The first-order chi connectivity index (χ1) is 11.9. The molecule has 26 heavy (non-hydrogen) atoms. The summed E-state index contributed by atoms with van der Waals surface area (Å²) in [5.41, 5.74) is 0. The summed E-state index contributed by atoms with van der Waals surface area (Å²) in [6, 6.07) is 6.46. The summed E-state index contributed by atoms with van der Waals surface area (Å²) in [5, 5.41) is 11.5. The zero-order valence-electron chi connectivity index (χ0n) is 14.6. The van der Waals surface area contributed by atoms with E-state index in [2.05, 4.69) is 17.6 Å². The van der Waals surface area contributed by atoms with Crippen molar-refractivity contribution in [3.8, 4) is 5.75 Å². The molecule has 0 saturated carbocycles. The first kappa shape index (κ1) is 23.0. The van der Waals surface area contributed by atoms with Crippen LogP contribution >= 0.6 is 24.2 Å². The summed E-state index contributed by atoms with van der Waals surface area (Å²) < 4.78 is 27.8. The number of piperidine rings is 1. The zero-order valence-corrected chi connectivity index (χ0v) is 17.1. The number of ether oxygens (including phenoxy) is 1.